The quantitative estimate of drug-likeness (QED) is 0.234. The van der Waals surface area contributed by atoms with Crippen LogP contribution in [0.15, 0.2) is 85.6 Å². The number of para-hydroxylation sites is 1. The highest BCUT2D eigenvalue weighted by atomic mass is 79.9. The largest absolute Gasteiger partial charge is 0.487 e. The standard InChI is InChI=1S/C26H20Br2N4O3S/c1-15(33)31-21-11-7-6-10-18(21)22-24(34)29-26(36-2)30-32(22)25(31)19-12-17(27)13-20(28)23(19)35-14-16-8-4-3-5-9-16/h3-13,25H,14H2,1-2H3/p+1/t25-/m1/s1. The molecule has 0 spiro atoms. The Hall–Kier alpha value is -2.95. The normalized spacial score (nSPS) is 14.2. The van der Waals surface area contributed by atoms with Crippen LogP contribution in [0.25, 0.3) is 11.3 Å². The van der Waals surface area contributed by atoms with Crippen LogP contribution < -0.4 is 19.9 Å². The van der Waals surface area contributed by atoms with Crippen molar-refractivity contribution in [2.45, 2.75) is 24.9 Å². The maximum absolute atomic E-state index is 13.3. The molecule has 1 aliphatic heterocycles. The second kappa shape index (κ2) is 10.2. The minimum Gasteiger partial charge on any atom is -0.487 e. The van der Waals surface area contributed by atoms with Crippen molar-refractivity contribution >= 4 is 55.2 Å². The highest BCUT2D eigenvalue weighted by Crippen LogP contribution is 2.43. The van der Waals surface area contributed by atoms with E-state index in [4.69, 9.17) is 9.84 Å². The molecule has 3 aromatic carbocycles. The van der Waals surface area contributed by atoms with Crippen LogP contribution in [0, 0.1) is 0 Å². The van der Waals surface area contributed by atoms with Gasteiger partial charge in [-0.3, -0.25) is 14.6 Å². The number of aromatic nitrogens is 3. The lowest BCUT2D eigenvalue weighted by atomic mass is 10.0. The summed E-state index contributed by atoms with van der Waals surface area (Å²) in [4.78, 5) is 31.0. The third kappa shape index (κ3) is 4.49. The zero-order valence-electron chi connectivity index (χ0n) is 19.4. The minimum atomic E-state index is -0.764. The van der Waals surface area contributed by atoms with E-state index in [1.165, 1.54) is 18.7 Å². The Morgan fingerprint density at radius 1 is 1.14 bits per heavy atom. The first-order chi connectivity index (χ1) is 17.4. The van der Waals surface area contributed by atoms with Crippen LogP contribution in [-0.4, -0.2) is 22.2 Å². The van der Waals surface area contributed by atoms with Gasteiger partial charge in [0.05, 0.1) is 21.3 Å². The molecule has 1 atom stereocenters. The number of rotatable bonds is 5. The van der Waals surface area contributed by atoms with Gasteiger partial charge in [0.25, 0.3) is 6.17 Å². The van der Waals surface area contributed by atoms with Crippen LogP contribution in [0.5, 0.6) is 5.75 Å². The topological polar surface area (TPSA) is 79.2 Å². The van der Waals surface area contributed by atoms with Crippen LogP contribution in [-0.2, 0) is 11.4 Å². The second-order valence-electron chi connectivity index (χ2n) is 8.12. The number of anilines is 1. The van der Waals surface area contributed by atoms with E-state index in [1.807, 2.05) is 73.0 Å². The smallest absolute Gasteiger partial charge is 0.325 e. The summed E-state index contributed by atoms with van der Waals surface area (Å²) in [5.41, 5.74) is 3.03. The van der Waals surface area contributed by atoms with Gasteiger partial charge in [-0.1, -0.05) is 70.2 Å². The van der Waals surface area contributed by atoms with Gasteiger partial charge in [-0.25, -0.2) is 4.90 Å². The number of benzene rings is 3. The maximum Gasteiger partial charge on any atom is 0.325 e. The molecule has 0 fully saturated rings. The summed E-state index contributed by atoms with van der Waals surface area (Å²) < 4.78 is 9.46. The molecule has 4 aromatic rings. The molecule has 0 radical (unpaired) electrons. The molecule has 5 rings (SSSR count). The summed E-state index contributed by atoms with van der Waals surface area (Å²) >= 11 is 8.56. The van der Waals surface area contributed by atoms with Crippen LogP contribution in [0.2, 0.25) is 0 Å². The van der Waals surface area contributed by atoms with Crippen molar-refractivity contribution in [1.29, 1.82) is 0 Å². The van der Waals surface area contributed by atoms with E-state index in [0.29, 0.717) is 44.5 Å². The molecule has 182 valence electrons. The van der Waals surface area contributed by atoms with Crippen molar-refractivity contribution in [1.82, 2.24) is 10.1 Å². The third-order valence-electron chi connectivity index (χ3n) is 5.83. The van der Waals surface area contributed by atoms with Gasteiger partial charge in [0.15, 0.2) is 0 Å². The molecule has 1 amide bonds. The number of thioether (sulfide) groups is 1. The molecule has 1 N–H and O–H groups in total. The van der Waals surface area contributed by atoms with Crippen LogP contribution in [0.3, 0.4) is 0 Å². The van der Waals surface area contributed by atoms with Gasteiger partial charge in [0, 0.05) is 16.5 Å². The summed E-state index contributed by atoms with van der Waals surface area (Å²) in [7, 11) is 0. The zero-order valence-corrected chi connectivity index (χ0v) is 23.4. The number of ether oxygens (including phenoxy) is 1. The SMILES string of the molecule is CSc1n[n+]2c(c(=O)[nH]1)-c1ccccc1N(C(C)=O)[C@H]2c1cc(Br)cc(Br)c1OCc1ccccc1. The Bertz CT molecular complexity index is 1530. The number of carbonyl (C=O) groups excluding carboxylic acids is 1. The fourth-order valence-electron chi connectivity index (χ4n) is 4.34. The molecule has 10 heteroatoms. The molecule has 0 saturated carbocycles. The van der Waals surface area contributed by atoms with Gasteiger partial charge < -0.3 is 4.74 Å². The molecular formula is C26H21Br2N4O3S+. The molecule has 7 nitrogen and oxygen atoms in total. The second-order valence-corrected chi connectivity index (χ2v) is 10.7. The van der Waals surface area contributed by atoms with Crippen molar-refractivity contribution in [3.05, 3.63) is 97.2 Å². The number of hydrogen-bond donors (Lipinski definition) is 1. The predicted octanol–water partition coefficient (Wildman–Crippen LogP) is 5.46. The van der Waals surface area contributed by atoms with E-state index in [9.17, 15) is 9.59 Å². The molecule has 0 unspecified atom stereocenters. The van der Waals surface area contributed by atoms with Gasteiger partial charge in [0.2, 0.25) is 11.1 Å². The number of aromatic amines is 1. The molecule has 36 heavy (non-hydrogen) atoms. The van der Waals surface area contributed by atoms with Crippen LogP contribution in [0.4, 0.5) is 5.69 Å². The lowest BCUT2D eigenvalue weighted by Crippen LogP contribution is -2.60. The number of amides is 1. The van der Waals surface area contributed by atoms with Crippen LogP contribution >= 0.6 is 43.6 Å². The fraction of sp³-hybridized carbons (Fsp3) is 0.154. The Morgan fingerprint density at radius 3 is 2.58 bits per heavy atom. The van der Waals surface area contributed by atoms with Crippen molar-refractivity contribution in [2.24, 2.45) is 0 Å². The van der Waals surface area contributed by atoms with Gasteiger partial charge in [-0.2, -0.15) is 0 Å². The summed E-state index contributed by atoms with van der Waals surface area (Å²) in [5.74, 6) is 0.368. The Morgan fingerprint density at radius 2 is 1.86 bits per heavy atom. The predicted molar refractivity (Wildman–Crippen MR) is 146 cm³/mol. The van der Waals surface area contributed by atoms with E-state index in [0.717, 1.165) is 10.0 Å². The lowest BCUT2D eigenvalue weighted by Gasteiger charge is -2.32. The highest BCUT2D eigenvalue weighted by molar-refractivity contribution is 9.11. The van der Waals surface area contributed by atoms with Crippen molar-refractivity contribution < 1.29 is 14.2 Å². The van der Waals surface area contributed by atoms with Crippen molar-refractivity contribution in [2.75, 3.05) is 11.2 Å². The van der Waals surface area contributed by atoms with Gasteiger partial charge in [-0.05, 0) is 56.7 Å². The first-order valence-corrected chi connectivity index (χ1v) is 13.8. The van der Waals surface area contributed by atoms with Crippen molar-refractivity contribution in [3.63, 3.8) is 0 Å². The minimum absolute atomic E-state index is 0.191. The Balaban J connectivity index is 1.77. The highest BCUT2D eigenvalue weighted by Gasteiger charge is 2.46. The van der Waals surface area contributed by atoms with E-state index in [2.05, 4.69) is 36.8 Å². The summed E-state index contributed by atoms with van der Waals surface area (Å²) in [5, 5.41) is 5.19. The average Bonchev–Trinajstić information content (AvgIpc) is 2.87. The van der Waals surface area contributed by atoms with Gasteiger partial charge >= 0.3 is 11.3 Å². The first-order valence-electron chi connectivity index (χ1n) is 11.0. The monoisotopic (exact) mass is 627 g/mol. The summed E-state index contributed by atoms with van der Waals surface area (Å²) in [6, 6.07) is 21.0. The van der Waals surface area contributed by atoms with Gasteiger partial charge in [-0.15, -0.1) is 0 Å². The Kier molecular flexibility index (Phi) is 7.00. The van der Waals surface area contributed by atoms with E-state index < -0.39 is 6.17 Å². The molecule has 2 heterocycles. The number of nitrogens with one attached hydrogen (secondary N) is 1. The average molecular weight is 629 g/mol. The molecule has 1 aromatic heterocycles. The lowest BCUT2D eigenvalue weighted by molar-refractivity contribution is -0.763. The molecule has 0 saturated heterocycles. The Labute approximate surface area is 228 Å². The number of H-pyrrole nitrogens is 1. The number of fused-ring (bicyclic) bond motifs is 3. The number of halogens is 2. The molecular weight excluding hydrogens is 608 g/mol. The summed E-state index contributed by atoms with van der Waals surface area (Å²) in [6.45, 7) is 1.84. The third-order valence-corrected chi connectivity index (χ3v) is 7.45. The molecule has 0 bridgehead atoms. The van der Waals surface area contributed by atoms with Crippen molar-refractivity contribution in [3.8, 4) is 17.0 Å². The zero-order chi connectivity index (χ0) is 25.4. The van der Waals surface area contributed by atoms with E-state index >= 15 is 0 Å². The number of nitrogens with zero attached hydrogens (tertiary/aromatic N) is 3. The molecule has 1 aliphatic rings. The number of carbonyl (C=O) groups is 1. The molecule has 0 aliphatic carbocycles. The summed E-state index contributed by atoms with van der Waals surface area (Å²) in [6.07, 6.45) is 1.07. The van der Waals surface area contributed by atoms with E-state index in [1.54, 1.807) is 9.58 Å². The number of hydrogen-bond acceptors (Lipinski definition) is 5. The van der Waals surface area contributed by atoms with E-state index in [-0.39, 0.29) is 11.5 Å². The van der Waals surface area contributed by atoms with Crippen LogP contribution in [0.1, 0.15) is 24.2 Å². The fourth-order valence-corrected chi connectivity index (χ4v) is 6.08. The maximum atomic E-state index is 13.3. The van der Waals surface area contributed by atoms with Gasteiger partial charge in [0.1, 0.15) is 12.4 Å². The first kappa shape index (κ1) is 24.7.